The minimum absolute atomic E-state index is 0.169. The summed E-state index contributed by atoms with van der Waals surface area (Å²) in [4.78, 5) is 4.72. The summed E-state index contributed by atoms with van der Waals surface area (Å²) in [5, 5.41) is 9.80. The third-order valence-electron chi connectivity index (χ3n) is 4.52. The van der Waals surface area contributed by atoms with E-state index in [0.717, 1.165) is 12.1 Å². The Balaban J connectivity index is 1.71. The molecule has 0 aliphatic carbocycles. The van der Waals surface area contributed by atoms with E-state index in [9.17, 15) is 8.78 Å². The molecular formula is C21H19F2N5O. The maximum absolute atomic E-state index is 14.6. The number of morpholine rings is 1. The van der Waals surface area contributed by atoms with Crippen LogP contribution in [0.15, 0.2) is 41.4 Å². The maximum Gasteiger partial charge on any atom is 0.144 e. The molecular weight excluding hydrogens is 376 g/mol. The first-order valence-corrected chi connectivity index (χ1v) is 8.58. The van der Waals surface area contributed by atoms with Crippen LogP contribution in [0.5, 0.6) is 0 Å². The number of ether oxygens (including phenoxy) is 1. The molecule has 2 aromatic carbocycles. The molecule has 3 heterocycles. The SMILES string of the molecule is [2H]C1([2H])OC([2H])([2H])C([2H])([2H])N(c2ccc3c(c2)-c2n[nH]c(C)c2N=C(c2c(F)cccc2F)N3)C1([2H])[2H]. The third-order valence-corrected chi connectivity index (χ3v) is 4.52. The third kappa shape index (κ3) is 3.05. The molecule has 0 radical (unpaired) electrons. The summed E-state index contributed by atoms with van der Waals surface area (Å²) < 4.78 is 98.9. The highest BCUT2D eigenvalue weighted by atomic mass is 19.1. The lowest BCUT2D eigenvalue weighted by atomic mass is 10.1. The van der Waals surface area contributed by atoms with Gasteiger partial charge in [-0.3, -0.25) is 5.10 Å². The number of hydrogen-bond donors (Lipinski definition) is 2. The van der Waals surface area contributed by atoms with Crippen molar-refractivity contribution in [2.75, 3.05) is 36.3 Å². The van der Waals surface area contributed by atoms with E-state index in [4.69, 9.17) is 11.0 Å². The number of aromatic amines is 1. The van der Waals surface area contributed by atoms with E-state index in [1.54, 1.807) is 6.92 Å². The Bertz CT molecular complexity index is 1410. The van der Waals surface area contributed by atoms with Gasteiger partial charge in [0.15, 0.2) is 0 Å². The number of amidine groups is 1. The van der Waals surface area contributed by atoms with E-state index in [1.807, 2.05) is 0 Å². The average molecular weight is 403 g/mol. The molecule has 0 spiro atoms. The number of hydrogen-bond acceptors (Lipinski definition) is 5. The van der Waals surface area contributed by atoms with Gasteiger partial charge in [0.25, 0.3) is 0 Å². The van der Waals surface area contributed by atoms with Crippen LogP contribution in [0.1, 0.15) is 22.2 Å². The number of nitrogens with one attached hydrogen (secondary N) is 2. The lowest BCUT2D eigenvalue weighted by Crippen LogP contribution is -2.36. The molecule has 2 N–H and O–H groups in total. The van der Waals surface area contributed by atoms with Gasteiger partial charge in [-0.15, -0.1) is 0 Å². The predicted molar refractivity (Wildman–Crippen MR) is 108 cm³/mol. The predicted octanol–water partition coefficient (Wildman–Crippen LogP) is 4.00. The van der Waals surface area contributed by atoms with Crippen molar-refractivity contribution in [1.82, 2.24) is 10.2 Å². The number of anilines is 2. The molecule has 2 aliphatic heterocycles. The van der Waals surface area contributed by atoms with Crippen molar-refractivity contribution < 1.29 is 24.5 Å². The molecule has 148 valence electrons. The molecule has 0 amide bonds. The summed E-state index contributed by atoms with van der Waals surface area (Å²) in [7, 11) is 0. The van der Waals surface area contributed by atoms with E-state index in [1.165, 1.54) is 24.3 Å². The van der Waals surface area contributed by atoms with Crippen molar-refractivity contribution in [1.29, 1.82) is 0 Å². The topological polar surface area (TPSA) is 65.5 Å². The van der Waals surface area contributed by atoms with Crippen molar-refractivity contribution >= 4 is 22.9 Å². The number of halogens is 2. The second kappa shape index (κ2) is 6.97. The van der Waals surface area contributed by atoms with Gasteiger partial charge in [0, 0.05) is 29.9 Å². The minimum Gasteiger partial charge on any atom is -0.378 e. The minimum atomic E-state index is -3.24. The highest BCUT2D eigenvalue weighted by molar-refractivity contribution is 6.13. The van der Waals surface area contributed by atoms with E-state index in [2.05, 4.69) is 25.2 Å². The van der Waals surface area contributed by atoms with Crippen LogP contribution < -0.4 is 10.2 Å². The fourth-order valence-corrected chi connectivity index (χ4v) is 3.15. The smallest absolute Gasteiger partial charge is 0.144 e. The van der Waals surface area contributed by atoms with Crippen molar-refractivity contribution in [2.45, 2.75) is 6.92 Å². The monoisotopic (exact) mass is 403 g/mol. The molecule has 1 aromatic heterocycles. The Morgan fingerprint density at radius 1 is 1.14 bits per heavy atom. The molecule has 3 aromatic rings. The molecule has 8 heteroatoms. The Morgan fingerprint density at radius 2 is 1.90 bits per heavy atom. The highest BCUT2D eigenvalue weighted by Crippen LogP contribution is 2.41. The van der Waals surface area contributed by atoms with Gasteiger partial charge in [-0.1, -0.05) is 6.07 Å². The normalized spacial score (nSPS) is 26.9. The van der Waals surface area contributed by atoms with Crippen LogP contribution in [-0.2, 0) is 4.74 Å². The zero-order valence-electron chi connectivity index (χ0n) is 23.0. The summed E-state index contributed by atoms with van der Waals surface area (Å²) in [6.45, 7) is -11.2. The van der Waals surface area contributed by atoms with Crippen LogP contribution in [-0.4, -0.2) is 42.1 Å². The number of aryl methyl sites for hydroxylation is 1. The van der Waals surface area contributed by atoms with Crippen LogP contribution in [0, 0.1) is 18.6 Å². The highest BCUT2D eigenvalue weighted by Gasteiger charge is 2.25. The summed E-state index contributed by atoms with van der Waals surface area (Å²) in [6.07, 6.45) is 0. The van der Waals surface area contributed by atoms with Gasteiger partial charge in [-0.05, 0) is 37.3 Å². The first-order valence-electron chi connectivity index (χ1n) is 12.6. The molecule has 6 nitrogen and oxygen atoms in total. The lowest BCUT2D eigenvalue weighted by molar-refractivity contribution is 0.122. The van der Waals surface area contributed by atoms with E-state index >= 15 is 0 Å². The summed E-state index contributed by atoms with van der Waals surface area (Å²) in [6, 6.07) is 7.20. The van der Waals surface area contributed by atoms with Gasteiger partial charge in [0.2, 0.25) is 0 Å². The van der Waals surface area contributed by atoms with Gasteiger partial charge in [0.1, 0.15) is 28.9 Å². The fraction of sp³-hybridized carbons (Fsp3) is 0.238. The molecule has 0 bridgehead atoms. The van der Waals surface area contributed by atoms with Gasteiger partial charge >= 0.3 is 0 Å². The Labute approximate surface area is 177 Å². The molecule has 0 atom stereocenters. The average Bonchev–Trinajstić information content (AvgIpc) is 3.03. The molecule has 29 heavy (non-hydrogen) atoms. The first-order chi connectivity index (χ1) is 17.1. The quantitative estimate of drug-likeness (QED) is 0.679. The van der Waals surface area contributed by atoms with Gasteiger partial charge < -0.3 is 15.0 Å². The molecule has 2 aliphatic rings. The number of fused-ring (bicyclic) bond motifs is 3. The van der Waals surface area contributed by atoms with Crippen LogP contribution >= 0.6 is 0 Å². The summed E-state index contributed by atoms with van der Waals surface area (Å²) in [5.41, 5.74) is 0.622. The fourth-order valence-electron chi connectivity index (χ4n) is 3.15. The number of aliphatic imine (C=N–C) groups is 1. The number of rotatable bonds is 2. The van der Waals surface area contributed by atoms with Crippen molar-refractivity contribution in [3.05, 3.63) is 59.3 Å². The number of benzene rings is 2. The van der Waals surface area contributed by atoms with E-state index in [0.29, 0.717) is 10.6 Å². The van der Waals surface area contributed by atoms with Crippen LogP contribution in [0.4, 0.5) is 25.8 Å². The zero-order chi connectivity index (χ0) is 27.1. The maximum atomic E-state index is 14.6. The Hall–Kier alpha value is -3.26. The van der Waals surface area contributed by atoms with Crippen molar-refractivity contribution in [2.24, 2.45) is 4.99 Å². The van der Waals surface area contributed by atoms with Gasteiger partial charge in [-0.2, -0.15) is 5.10 Å². The van der Waals surface area contributed by atoms with Crippen molar-refractivity contribution in [3.8, 4) is 11.3 Å². The van der Waals surface area contributed by atoms with Crippen molar-refractivity contribution in [3.63, 3.8) is 0 Å². The van der Waals surface area contributed by atoms with Crippen LogP contribution in [0.3, 0.4) is 0 Å². The first kappa shape index (κ1) is 11.1. The van der Waals surface area contributed by atoms with Crippen LogP contribution in [0.25, 0.3) is 11.3 Å². The molecule has 5 rings (SSSR count). The number of nitrogens with zero attached hydrogens (tertiary/aromatic N) is 3. The Morgan fingerprint density at radius 3 is 2.66 bits per heavy atom. The number of H-pyrrole nitrogens is 1. The summed E-state index contributed by atoms with van der Waals surface area (Å²) >= 11 is 0. The van der Waals surface area contributed by atoms with Gasteiger partial charge in [-0.25, -0.2) is 13.8 Å². The lowest BCUT2D eigenvalue weighted by Gasteiger charge is -2.29. The van der Waals surface area contributed by atoms with Gasteiger partial charge in [0.05, 0.1) is 35.3 Å². The largest absolute Gasteiger partial charge is 0.378 e. The second-order valence-electron chi connectivity index (χ2n) is 6.32. The molecule has 1 saturated heterocycles. The second-order valence-corrected chi connectivity index (χ2v) is 6.32. The molecule has 0 saturated carbocycles. The van der Waals surface area contributed by atoms with Crippen LogP contribution in [0.2, 0.25) is 0 Å². The molecule has 1 fully saturated rings. The molecule has 0 unspecified atom stereocenters. The Kier molecular flexibility index (Phi) is 2.66. The number of aromatic nitrogens is 2. The van der Waals surface area contributed by atoms with E-state index in [-0.39, 0.29) is 34.2 Å². The standard InChI is InChI=1S/C21H19F2N5O/c1-12-19-20(27-26-12)14-11-13(28-7-9-29-10-8-28)5-6-17(14)24-21(25-19)18-15(22)3-2-4-16(18)23/h2-6,11H,7-10H2,1H3,(H,24,25)(H,26,27)/i7D2,8D2,9D2,10D2. The summed E-state index contributed by atoms with van der Waals surface area (Å²) in [5.74, 6) is -1.90. The zero-order valence-corrected chi connectivity index (χ0v) is 15.0. The van der Waals surface area contributed by atoms with E-state index < -0.39 is 43.3 Å².